The van der Waals surface area contributed by atoms with Crippen LogP contribution >= 0.6 is 11.8 Å². The molecule has 1 atom stereocenters. The van der Waals surface area contributed by atoms with Gasteiger partial charge in [-0.15, -0.1) is 0 Å². The van der Waals surface area contributed by atoms with Gasteiger partial charge in [-0.25, -0.2) is 0 Å². The van der Waals surface area contributed by atoms with Crippen molar-refractivity contribution >= 4 is 22.0 Å². The molecular weight excluding hydrogens is 270 g/mol. The molecule has 0 aromatic heterocycles. The molecule has 18 heavy (non-hydrogen) atoms. The lowest BCUT2D eigenvalue weighted by atomic mass is 9.99. The summed E-state index contributed by atoms with van der Waals surface area (Å²) in [6, 6.07) is -0.0211. The third kappa shape index (κ3) is 5.05. The summed E-state index contributed by atoms with van der Waals surface area (Å²) in [5.41, 5.74) is 5.61. The highest BCUT2D eigenvalue weighted by Gasteiger charge is 2.28. The fourth-order valence-corrected chi connectivity index (χ4v) is 4.25. The molecule has 0 aromatic carbocycles. The van der Waals surface area contributed by atoms with Gasteiger partial charge in [0.1, 0.15) is 0 Å². The van der Waals surface area contributed by atoms with Crippen LogP contribution in [0.25, 0.3) is 0 Å². The number of nitrogens with one attached hydrogen (secondary N) is 1. The molecule has 0 amide bonds. The van der Waals surface area contributed by atoms with E-state index in [1.165, 1.54) is 0 Å². The Labute approximate surface area is 115 Å². The lowest BCUT2D eigenvalue weighted by Gasteiger charge is -2.31. The molecule has 108 valence electrons. The Morgan fingerprint density at radius 3 is 2.56 bits per heavy atom. The summed E-state index contributed by atoms with van der Waals surface area (Å²) in [7, 11) is -3.32. The second kappa shape index (κ2) is 7.69. The summed E-state index contributed by atoms with van der Waals surface area (Å²) in [5.74, 6) is 2.30. The lowest BCUT2D eigenvalue weighted by molar-refractivity contribution is 0.275. The summed E-state index contributed by atoms with van der Waals surface area (Å²) < 4.78 is 28.5. The molecule has 1 unspecified atom stereocenters. The Morgan fingerprint density at radius 1 is 1.44 bits per heavy atom. The van der Waals surface area contributed by atoms with Crippen molar-refractivity contribution in [1.82, 2.24) is 9.03 Å². The third-order valence-corrected chi connectivity index (χ3v) is 6.06. The molecule has 1 rings (SSSR count). The van der Waals surface area contributed by atoms with Gasteiger partial charge in [0.25, 0.3) is 10.2 Å². The first-order valence-electron chi connectivity index (χ1n) is 6.54. The molecule has 5 nitrogen and oxygen atoms in total. The first kappa shape index (κ1) is 16.2. The second-order valence-corrected chi connectivity index (χ2v) is 7.78. The maximum atomic E-state index is 12.1. The third-order valence-electron chi connectivity index (χ3n) is 3.17. The molecule has 1 aliphatic rings. The lowest BCUT2D eigenvalue weighted by Crippen LogP contribution is -2.48. The number of nitrogens with zero attached hydrogens (tertiary/aromatic N) is 1. The average Bonchev–Trinajstić information content (AvgIpc) is 2.36. The van der Waals surface area contributed by atoms with Gasteiger partial charge in [-0.2, -0.15) is 29.2 Å². The number of hydrogen-bond acceptors (Lipinski definition) is 4. The zero-order valence-corrected chi connectivity index (χ0v) is 12.9. The van der Waals surface area contributed by atoms with Crippen molar-refractivity contribution in [3.8, 4) is 0 Å². The standard InChI is InChI=1S/C11H25N3O2S2/c1-3-17-9-10(2)13-18(15,16)14-6-4-11(8-12)5-7-14/h10-11,13H,3-9,12H2,1-2H3. The second-order valence-electron chi connectivity index (χ2n) is 4.76. The number of rotatable bonds is 7. The highest BCUT2D eigenvalue weighted by Crippen LogP contribution is 2.18. The van der Waals surface area contributed by atoms with E-state index < -0.39 is 10.2 Å². The summed E-state index contributed by atoms with van der Waals surface area (Å²) in [4.78, 5) is 0. The number of nitrogens with two attached hydrogens (primary N) is 1. The predicted molar refractivity (Wildman–Crippen MR) is 77.9 cm³/mol. The van der Waals surface area contributed by atoms with Crippen molar-refractivity contribution in [2.75, 3.05) is 31.1 Å². The molecule has 1 saturated heterocycles. The maximum absolute atomic E-state index is 12.1. The van der Waals surface area contributed by atoms with Crippen molar-refractivity contribution in [2.24, 2.45) is 11.7 Å². The Hall–Kier alpha value is 0.180. The first-order valence-corrected chi connectivity index (χ1v) is 9.14. The summed E-state index contributed by atoms with van der Waals surface area (Å²) in [6.45, 7) is 5.82. The van der Waals surface area contributed by atoms with Crippen LogP contribution in [0.1, 0.15) is 26.7 Å². The van der Waals surface area contributed by atoms with Crippen molar-refractivity contribution in [2.45, 2.75) is 32.7 Å². The predicted octanol–water partition coefficient (Wildman–Crippen LogP) is 0.633. The topological polar surface area (TPSA) is 75.4 Å². The smallest absolute Gasteiger partial charge is 0.279 e. The summed E-state index contributed by atoms with van der Waals surface area (Å²) >= 11 is 1.75. The highest BCUT2D eigenvalue weighted by molar-refractivity contribution is 7.99. The monoisotopic (exact) mass is 295 g/mol. The Bertz CT molecular complexity index is 327. The van der Waals surface area contributed by atoms with E-state index in [0.717, 1.165) is 24.3 Å². The van der Waals surface area contributed by atoms with Crippen molar-refractivity contribution < 1.29 is 8.42 Å². The fourth-order valence-electron chi connectivity index (χ4n) is 2.04. The van der Waals surface area contributed by atoms with E-state index in [0.29, 0.717) is 25.6 Å². The molecule has 0 aromatic rings. The highest BCUT2D eigenvalue weighted by atomic mass is 32.2. The van der Waals surface area contributed by atoms with Crippen LogP contribution in [-0.2, 0) is 10.2 Å². The SMILES string of the molecule is CCSCC(C)NS(=O)(=O)N1CCC(CN)CC1. The van der Waals surface area contributed by atoms with Gasteiger partial charge in [-0.3, -0.25) is 0 Å². The van der Waals surface area contributed by atoms with Crippen LogP contribution < -0.4 is 10.5 Å². The molecule has 0 saturated carbocycles. The first-order chi connectivity index (χ1) is 8.49. The van der Waals surface area contributed by atoms with Crippen LogP contribution in [0.3, 0.4) is 0 Å². The number of thioether (sulfide) groups is 1. The van der Waals surface area contributed by atoms with Gasteiger partial charge < -0.3 is 5.73 Å². The molecule has 1 heterocycles. The largest absolute Gasteiger partial charge is 0.330 e. The van der Waals surface area contributed by atoms with E-state index >= 15 is 0 Å². The van der Waals surface area contributed by atoms with Gasteiger partial charge in [0.05, 0.1) is 0 Å². The van der Waals surface area contributed by atoms with Gasteiger partial charge >= 0.3 is 0 Å². The van der Waals surface area contributed by atoms with E-state index in [2.05, 4.69) is 11.6 Å². The molecular formula is C11H25N3O2S2. The van der Waals surface area contributed by atoms with E-state index in [4.69, 9.17) is 5.73 Å². The van der Waals surface area contributed by atoms with Gasteiger partial charge in [0, 0.05) is 24.9 Å². The molecule has 1 fully saturated rings. The minimum Gasteiger partial charge on any atom is -0.330 e. The number of piperidine rings is 1. The normalized spacial score (nSPS) is 21.1. The molecule has 0 radical (unpaired) electrons. The Morgan fingerprint density at radius 2 is 2.06 bits per heavy atom. The van der Waals surface area contributed by atoms with Gasteiger partial charge in [-0.05, 0) is 38.0 Å². The number of hydrogen-bond donors (Lipinski definition) is 2. The van der Waals surface area contributed by atoms with E-state index in [1.54, 1.807) is 16.1 Å². The minimum absolute atomic E-state index is 0.0211. The van der Waals surface area contributed by atoms with Gasteiger partial charge in [0.2, 0.25) is 0 Å². The van der Waals surface area contributed by atoms with E-state index in [-0.39, 0.29) is 6.04 Å². The minimum atomic E-state index is -3.32. The van der Waals surface area contributed by atoms with Gasteiger partial charge in [-0.1, -0.05) is 6.92 Å². The van der Waals surface area contributed by atoms with Crippen LogP contribution in [0.5, 0.6) is 0 Å². The van der Waals surface area contributed by atoms with Crippen LogP contribution in [0, 0.1) is 5.92 Å². The molecule has 3 N–H and O–H groups in total. The molecule has 0 bridgehead atoms. The molecule has 7 heteroatoms. The van der Waals surface area contributed by atoms with E-state index in [1.807, 2.05) is 6.92 Å². The fraction of sp³-hybridized carbons (Fsp3) is 1.00. The summed E-state index contributed by atoms with van der Waals surface area (Å²) in [6.07, 6.45) is 1.74. The van der Waals surface area contributed by atoms with Crippen LogP contribution in [-0.4, -0.2) is 49.9 Å². The quantitative estimate of drug-likeness (QED) is 0.722. The van der Waals surface area contributed by atoms with Crippen molar-refractivity contribution in [1.29, 1.82) is 0 Å². The van der Waals surface area contributed by atoms with Crippen LogP contribution in [0.15, 0.2) is 0 Å². The zero-order valence-electron chi connectivity index (χ0n) is 11.3. The molecule has 1 aliphatic heterocycles. The van der Waals surface area contributed by atoms with Crippen LogP contribution in [0.4, 0.5) is 0 Å². The average molecular weight is 295 g/mol. The van der Waals surface area contributed by atoms with Gasteiger partial charge in [0.15, 0.2) is 0 Å². The van der Waals surface area contributed by atoms with Crippen molar-refractivity contribution in [3.63, 3.8) is 0 Å². The zero-order chi connectivity index (χ0) is 13.6. The molecule has 0 spiro atoms. The van der Waals surface area contributed by atoms with E-state index in [9.17, 15) is 8.42 Å². The van der Waals surface area contributed by atoms with Crippen molar-refractivity contribution in [3.05, 3.63) is 0 Å². The summed E-state index contributed by atoms with van der Waals surface area (Å²) in [5, 5.41) is 0. The molecule has 0 aliphatic carbocycles. The Kier molecular flexibility index (Phi) is 6.94. The Balaban J connectivity index is 2.44. The maximum Gasteiger partial charge on any atom is 0.279 e. The van der Waals surface area contributed by atoms with Crippen LogP contribution in [0.2, 0.25) is 0 Å².